The van der Waals surface area contributed by atoms with E-state index < -0.39 is 5.97 Å². The third-order valence-electron chi connectivity index (χ3n) is 1.21. The lowest BCUT2D eigenvalue weighted by Crippen LogP contribution is -1.98. The zero-order valence-electron chi connectivity index (χ0n) is 5.41. The highest BCUT2D eigenvalue weighted by atomic mass is 79.9. The summed E-state index contributed by atoms with van der Waals surface area (Å²) in [6.07, 6.45) is 0. The van der Waals surface area contributed by atoms with E-state index in [9.17, 15) is 4.79 Å². The molecule has 0 radical (unpaired) electrons. The number of thiol groups is 1. The first-order valence-electron chi connectivity index (χ1n) is 2.83. The number of carbonyl (C=O) groups is 1. The molecule has 0 amide bonds. The first-order valence-corrected chi connectivity index (χ1v) is 4.07. The van der Waals surface area contributed by atoms with Gasteiger partial charge in [-0.2, -0.15) is 0 Å². The number of carboxylic acid groups (broad SMARTS) is 1. The molecule has 0 unspecified atom stereocenters. The molecule has 0 atom stereocenters. The zero-order chi connectivity index (χ0) is 8.43. The van der Waals surface area contributed by atoms with Crippen molar-refractivity contribution in [2.45, 2.75) is 4.90 Å². The van der Waals surface area contributed by atoms with Crippen molar-refractivity contribution in [2.75, 3.05) is 0 Å². The van der Waals surface area contributed by atoms with Gasteiger partial charge in [0.2, 0.25) is 0 Å². The van der Waals surface area contributed by atoms with Crippen LogP contribution in [0.3, 0.4) is 0 Å². The molecule has 1 aromatic rings. The maximum Gasteiger partial charge on any atom is 0.337 e. The summed E-state index contributed by atoms with van der Waals surface area (Å²) in [6.45, 7) is 0. The molecular weight excluding hydrogens is 228 g/mol. The van der Waals surface area contributed by atoms with E-state index in [2.05, 4.69) is 28.6 Å². The van der Waals surface area contributed by atoms with Crippen molar-refractivity contribution in [3.63, 3.8) is 0 Å². The summed E-state index contributed by atoms with van der Waals surface area (Å²) < 4.78 is 0.553. The van der Waals surface area contributed by atoms with Crippen LogP contribution in [0.25, 0.3) is 0 Å². The second-order valence-electron chi connectivity index (χ2n) is 1.94. The van der Waals surface area contributed by atoms with Gasteiger partial charge in [0.15, 0.2) is 0 Å². The fourth-order valence-corrected chi connectivity index (χ4v) is 1.72. The van der Waals surface area contributed by atoms with Crippen molar-refractivity contribution in [1.29, 1.82) is 0 Å². The Morgan fingerprint density at radius 1 is 1.55 bits per heavy atom. The van der Waals surface area contributed by atoms with Gasteiger partial charge < -0.3 is 5.11 Å². The van der Waals surface area contributed by atoms with Crippen molar-refractivity contribution in [3.05, 3.63) is 28.2 Å². The number of hydrogen-bond donors (Lipinski definition) is 2. The molecule has 0 bridgehead atoms. The molecule has 0 spiro atoms. The van der Waals surface area contributed by atoms with E-state index in [0.717, 1.165) is 0 Å². The molecule has 0 saturated heterocycles. The molecule has 1 rings (SSSR count). The minimum absolute atomic E-state index is 0.204. The van der Waals surface area contributed by atoms with Crippen LogP contribution >= 0.6 is 28.6 Å². The molecule has 0 saturated carbocycles. The van der Waals surface area contributed by atoms with Crippen molar-refractivity contribution >= 4 is 34.5 Å². The number of rotatable bonds is 1. The summed E-state index contributed by atoms with van der Waals surface area (Å²) in [7, 11) is 0. The number of hydrogen-bond acceptors (Lipinski definition) is 2. The van der Waals surface area contributed by atoms with Gasteiger partial charge in [-0.25, -0.2) is 4.79 Å². The molecule has 0 fully saturated rings. The molecular formula is C7H5BrO2S. The van der Waals surface area contributed by atoms with Gasteiger partial charge in [0.05, 0.1) is 5.56 Å². The van der Waals surface area contributed by atoms with Gasteiger partial charge in [-0.1, -0.05) is 6.07 Å². The Bertz CT molecular complexity index is 278. The van der Waals surface area contributed by atoms with Crippen molar-refractivity contribution < 1.29 is 9.90 Å². The van der Waals surface area contributed by atoms with Crippen LogP contribution in [0.15, 0.2) is 27.6 Å². The molecule has 0 heterocycles. The van der Waals surface area contributed by atoms with Crippen LogP contribution in [0.2, 0.25) is 0 Å². The summed E-state index contributed by atoms with van der Waals surface area (Å²) in [4.78, 5) is 11.0. The zero-order valence-corrected chi connectivity index (χ0v) is 7.89. The summed E-state index contributed by atoms with van der Waals surface area (Å²) in [5.74, 6) is -0.970. The molecule has 0 aliphatic carbocycles. The van der Waals surface area contributed by atoms with Crippen LogP contribution in [0.1, 0.15) is 10.4 Å². The van der Waals surface area contributed by atoms with E-state index in [1.807, 2.05) is 0 Å². The normalized spacial score (nSPS) is 9.64. The van der Waals surface area contributed by atoms with Crippen LogP contribution in [0, 0.1) is 0 Å². The molecule has 4 heteroatoms. The maximum atomic E-state index is 10.6. The number of carboxylic acids is 1. The first-order chi connectivity index (χ1) is 5.13. The minimum Gasteiger partial charge on any atom is -0.478 e. The smallest absolute Gasteiger partial charge is 0.337 e. The van der Waals surface area contributed by atoms with Crippen LogP contribution in [-0.4, -0.2) is 11.1 Å². The molecule has 0 aromatic heterocycles. The lowest BCUT2D eigenvalue weighted by Gasteiger charge is -2.00. The quantitative estimate of drug-likeness (QED) is 0.731. The SMILES string of the molecule is O=C(O)c1c(S)cccc1Br. The van der Waals surface area contributed by atoms with E-state index in [0.29, 0.717) is 9.37 Å². The third kappa shape index (κ3) is 1.75. The maximum absolute atomic E-state index is 10.6. The Morgan fingerprint density at radius 3 is 2.55 bits per heavy atom. The molecule has 0 aliphatic heterocycles. The summed E-state index contributed by atoms with van der Waals surface area (Å²) in [6, 6.07) is 5.04. The molecule has 2 nitrogen and oxygen atoms in total. The molecule has 1 N–H and O–H groups in total. The first kappa shape index (κ1) is 8.62. The van der Waals surface area contributed by atoms with Crippen molar-refractivity contribution in [1.82, 2.24) is 0 Å². The second-order valence-corrected chi connectivity index (χ2v) is 3.28. The van der Waals surface area contributed by atoms with Crippen LogP contribution in [0.5, 0.6) is 0 Å². The van der Waals surface area contributed by atoms with Gasteiger partial charge in [-0.05, 0) is 28.1 Å². The Labute approximate surface area is 77.8 Å². The fraction of sp³-hybridized carbons (Fsp3) is 0. The van der Waals surface area contributed by atoms with Crippen LogP contribution < -0.4 is 0 Å². The lowest BCUT2D eigenvalue weighted by molar-refractivity contribution is 0.0692. The topological polar surface area (TPSA) is 37.3 Å². The molecule has 0 aliphatic rings. The average Bonchev–Trinajstić information content (AvgIpc) is 1.85. The number of aromatic carboxylic acids is 1. The van der Waals surface area contributed by atoms with Gasteiger partial charge in [-0.3, -0.25) is 0 Å². The van der Waals surface area contributed by atoms with Crippen molar-refractivity contribution in [2.24, 2.45) is 0 Å². The highest BCUT2D eigenvalue weighted by Crippen LogP contribution is 2.22. The van der Waals surface area contributed by atoms with E-state index in [1.54, 1.807) is 18.2 Å². The van der Waals surface area contributed by atoms with Gasteiger partial charge in [0.1, 0.15) is 0 Å². The summed E-state index contributed by atoms with van der Waals surface area (Å²) in [5.41, 5.74) is 0.204. The van der Waals surface area contributed by atoms with Gasteiger partial charge >= 0.3 is 5.97 Å². The van der Waals surface area contributed by atoms with Crippen LogP contribution in [0.4, 0.5) is 0 Å². The van der Waals surface area contributed by atoms with E-state index in [-0.39, 0.29) is 5.56 Å². The minimum atomic E-state index is -0.970. The van der Waals surface area contributed by atoms with Gasteiger partial charge in [0.25, 0.3) is 0 Å². The predicted molar refractivity (Wildman–Crippen MR) is 48.4 cm³/mol. The number of benzene rings is 1. The number of halogens is 1. The van der Waals surface area contributed by atoms with Crippen LogP contribution in [-0.2, 0) is 0 Å². The highest BCUT2D eigenvalue weighted by molar-refractivity contribution is 9.10. The molecule has 1 aromatic carbocycles. The van der Waals surface area contributed by atoms with Gasteiger partial charge in [0, 0.05) is 9.37 Å². The van der Waals surface area contributed by atoms with Crippen molar-refractivity contribution in [3.8, 4) is 0 Å². The lowest BCUT2D eigenvalue weighted by atomic mass is 10.2. The predicted octanol–water partition coefficient (Wildman–Crippen LogP) is 2.44. The summed E-state index contributed by atoms with van der Waals surface area (Å²) >= 11 is 7.11. The van der Waals surface area contributed by atoms with E-state index >= 15 is 0 Å². The third-order valence-corrected chi connectivity index (χ3v) is 2.24. The Balaban J connectivity index is 3.32. The van der Waals surface area contributed by atoms with Gasteiger partial charge in [-0.15, -0.1) is 12.6 Å². The van der Waals surface area contributed by atoms with E-state index in [4.69, 9.17) is 5.11 Å². The standard InChI is InChI=1S/C7H5BrO2S/c8-4-2-1-3-5(11)6(4)7(9)10/h1-3,11H,(H,9,10). The monoisotopic (exact) mass is 232 g/mol. The Kier molecular flexibility index (Phi) is 2.57. The Morgan fingerprint density at radius 2 is 2.18 bits per heavy atom. The van der Waals surface area contributed by atoms with E-state index in [1.165, 1.54) is 0 Å². The second kappa shape index (κ2) is 3.28. The average molecular weight is 233 g/mol. The summed E-state index contributed by atoms with van der Waals surface area (Å²) in [5, 5.41) is 8.67. The fourth-order valence-electron chi connectivity index (χ4n) is 0.724. The highest BCUT2D eigenvalue weighted by Gasteiger charge is 2.10. The molecule has 11 heavy (non-hydrogen) atoms. The largest absolute Gasteiger partial charge is 0.478 e. The Hall–Kier alpha value is -0.480. The molecule has 58 valence electrons.